The summed E-state index contributed by atoms with van der Waals surface area (Å²) < 4.78 is -2.51. The molecule has 15 heavy (non-hydrogen) atoms. The molecule has 0 atom stereocenters. The average molecular weight is 655 g/mol. The van der Waals surface area contributed by atoms with Gasteiger partial charge in [0.05, 0.1) is 11.9 Å². The molecule has 0 rings (SSSR count). The summed E-state index contributed by atoms with van der Waals surface area (Å²) in [5, 5.41) is 19.5. The van der Waals surface area contributed by atoms with Crippen LogP contribution in [-0.4, -0.2) is 16.2 Å². The van der Waals surface area contributed by atoms with Crippen molar-refractivity contribution < 1.29 is 36.9 Å². The van der Waals surface area contributed by atoms with Crippen molar-refractivity contribution in [2.45, 2.75) is 4.29 Å². The second-order valence-corrected chi connectivity index (χ2v) is 15.1. The normalized spacial score (nSPS) is 10.5. The van der Waals surface area contributed by atoms with E-state index in [2.05, 4.69) is 95.6 Å². The van der Waals surface area contributed by atoms with E-state index in [4.69, 9.17) is 0 Å². The topological polar surface area (TPSA) is 80.3 Å². The Morgan fingerprint density at radius 2 is 0.800 bits per heavy atom. The van der Waals surface area contributed by atoms with Crippen LogP contribution in [0.2, 0.25) is 0 Å². The van der Waals surface area contributed by atoms with Crippen LogP contribution in [0.5, 0.6) is 0 Å². The van der Waals surface area contributed by atoms with Crippen molar-refractivity contribution in [3.05, 3.63) is 0 Å². The molecule has 0 amide bonds. The van der Waals surface area contributed by atoms with E-state index < -0.39 is 16.2 Å². The molecule has 0 aliphatic heterocycles. The van der Waals surface area contributed by atoms with E-state index >= 15 is 0 Å². The molecular formula is C4Br6CuO4. The summed E-state index contributed by atoms with van der Waals surface area (Å²) in [6, 6.07) is 0. The minimum atomic E-state index is -1.26. The Bertz CT molecular complexity index is 196. The average Bonchev–Trinajstić information content (AvgIpc) is 1.83. The molecule has 4 nitrogen and oxygen atoms in total. The smallest absolute Gasteiger partial charge is 0.547 e. The van der Waals surface area contributed by atoms with E-state index in [9.17, 15) is 19.8 Å². The summed E-state index contributed by atoms with van der Waals surface area (Å²) in [6.45, 7) is 0. The molecule has 0 N–H and O–H groups in total. The van der Waals surface area contributed by atoms with E-state index in [1.54, 1.807) is 0 Å². The van der Waals surface area contributed by atoms with Gasteiger partial charge in [-0.2, -0.15) is 0 Å². The minimum Gasteiger partial charge on any atom is -0.547 e. The zero-order valence-corrected chi connectivity index (χ0v) is 16.7. The van der Waals surface area contributed by atoms with E-state index in [1.165, 1.54) is 0 Å². The van der Waals surface area contributed by atoms with Gasteiger partial charge in [-0.15, -0.1) is 0 Å². The molecule has 0 aromatic rings. The maximum atomic E-state index is 9.77. The molecule has 0 heterocycles. The van der Waals surface area contributed by atoms with Gasteiger partial charge in [-0.25, -0.2) is 0 Å². The van der Waals surface area contributed by atoms with Crippen LogP contribution in [0.15, 0.2) is 0 Å². The zero-order chi connectivity index (χ0) is 12.2. The number of hydrogen-bond donors (Lipinski definition) is 0. The number of carbonyl (C=O) groups is 2. The van der Waals surface area contributed by atoms with Gasteiger partial charge in [0.15, 0.2) is 4.29 Å². The molecule has 0 aliphatic rings. The van der Waals surface area contributed by atoms with Crippen molar-refractivity contribution >= 4 is 108 Å². The fraction of sp³-hybridized carbons (Fsp3) is 0.500. The van der Waals surface area contributed by atoms with Gasteiger partial charge < -0.3 is 19.8 Å². The maximum absolute atomic E-state index is 9.77. The predicted octanol–water partition coefficient (Wildman–Crippen LogP) is 1.15. The molecule has 0 bridgehead atoms. The van der Waals surface area contributed by atoms with E-state index in [0.29, 0.717) is 0 Å². The van der Waals surface area contributed by atoms with Crippen LogP contribution >= 0.6 is 95.6 Å². The summed E-state index contributed by atoms with van der Waals surface area (Å²) in [4.78, 5) is 19.5. The summed E-state index contributed by atoms with van der Waals surface area (Å²) in [5.74, 6) is -2.51. The SMILES string of the molecule is O=C([O-])C(Br)(Br)Br.O=C([O-])C(Br)(Br)Br.[Cu+2]. The Labute approximate surface area is 147 Å². The Hall–Kier alpha value is 2.34. The quantitative estimate of drug-likeness (QED) is 0.290. The third kappa shape index (κ3) is 16.3. The Balaban J connectivity index is -0.000000180. The summed E-state index contributed by atoms with van der Waals surface area (Å²) in [6.07, 6.45) is 0. The molecular weight excluding hydrogens is 655 g/mol. The molecule has 0 spiro atoms. The Morgan fingerprint density at radius 3 is 0.800 bits per heavy atom. The molecule has 1 radical (unpaired) electrons. The van der Waals surface area contributed by atoms with E-state index in [0.717, 1.165) is 0 Å². The molecule has 0 aromatic carbocycles. The molecule has 0 saturated carbocycles. The number of alkyl halides is 6. The monoisotopic (exact) mass is 648 g/mol. The third-order valence-corrected chi connectivity index (χ3v) is 2.41. The first kappa shape index (κ1) is 22.5. The van der Waals surface area contributed by atoms with Crippen molar-refractivity contribution in [3.63, 3.8) is 0 Å². The van der Waals surface area contributed by atoms with Crippen LogP contribution in [0.25, 0.3) is 0 Å². The Morgan fingerprint density at radius 1 is 0.733 bits per heavy atom. The number of hydrogen-bond acceptors (Lipinski definition) is 4. The fourth-order valence-electron chi connectivity index (χ4n) is 0. The van der Waals surface area contributed by atoms with Gasteiger partial charge in [0.25, 0.3) is 0 Å². The van der Waals surface area contributed by atoms with Gasteiger partial charge >= 0.3 is 17.1 Å². The summed E-state index contributed by atoms with van der Waals surface area (Å²) >= 11 is 16.3. The van der Waals surface area contributed by atoms with Gasteiger partial charge in [-0.1, -0.05) is 95.6 Å². The fourth-order valence-corrected chi connectivity index (χ4v) is 0. The second-order valence-electron chi connectivity index (χ2n) is 1.57. The van der Waals surface area contributed by atoms with Gasteiger partial charge in [-0.05, 0) is 0 Å². The van der Waals surface area contributed by atoms with Crippen LogP contribution in [-0.2, 0) is 26.7 Å². The van der Waals surface area contributed by atoms with Crippen LogP contribution < -0.4 is 10.2 Å². The zero-order valence-electron chi connectivity index (χ0n) is 6.20. The minimum absolute atomic E-state index is 0. The molecule has 93 valence electrons. The molecule has 0 aliphatic carbocycles. The summed E-state index contributed by atoms with van der Waals surface area (Å²) in [7, 11) is 0. The van der Waals surface area contributed by atoms with Gasteiger partial charge in [0.1, 0.15) is 0 Å². The number of halogens is 6. The van der Waals surface area contributed by atoms with Gasteiger partial charge in [-0.3, -0.25) is 0 Å². The molecule has 0 saturated heterocycles. The standard InChI is InChI=1S/2C2HBr3O2.Cu/c2*3-2(4,5)1(6)7;/h2*(H,6,7);/q;;+2/p-2. The first-order chi connectivity index (χ1) is 5.89. The van der Waals surface area contributed by atoms with Crippen molar-refractivity contribution in [2.24, 2.45) is 0 Å². The van der Waals surface area contributed by atoms with Crippen LogP contribution in [0.3, 0.4) is 0 Å². The van der Waals surface area contributed by atoms with Crippen LogP contribution in [0.4, 0.5) is 0 Å². The van der Waals surface area contributed by atoms with Gasteiger partial charge in [0.2, 0.25) is 0 Å². The number of aliphatic carboxylic acids is 2. The summed E-state index contributed by atoms with van der Waals surface area (Å²) in [5.41, 5.74) is 0. The first-order valence-electron chi connectivity index (χ1n) is 2.45. The number of carbonyl (C=O) groups excluding carboxylic acids is 2. The molecule has 0 aromatic heterocycles. The molecule has 0 unspecified atom stereocenters. The first-order valence-corrected chi connectivity index (χ1v) is 7.21. The van der Waals surface area contributed by atoms with Crippen molar-refractivity contribution in [2.75, 3.05) is 0 Å². The van der Waals surface area contributed by atoms with E-state index in [1.807, 2.05) is 0 Å². The van der Waals surface area contributed by atoms with Crippen molar-refractivity contribution in [3.8, 4) is 0 Å². The molecule has 11 heteroatoms. The number of carboxylic acid groups (broad SMARTS) is 2. The number of carboxylic acids is 2. The van der Waals surface area contributed by atoms with Crippen LogP contribution in [0, 0.1) is 0 Å². The Kier molecular flexibility index (Phi) is 13.9. The van der Waals surface area contributed by atoms with Crippen molar-refractivity contribution in [1.82, 2.24) is 0 Å². The third-order valence-electron chi connectivity index (χ3n) is 0.463. The second kappa shape index (κ2) is 9.29. The largest absolute Gasteiger partial charge is 2.00 e. The van der Waals surface area contributed by atoms with Crippen LogP contribution in [0.1, 0.15) is 0 Å². The predicted molar refractivity (Wildman–Crippen MR) is 69.0 cm³/mol. The van der Waals surface area contributed by atoms with Crippen molar-refractivity contribution in [1.29, 1.82) is 0 Å². The maximum Gasteiger partial charge on any atom is 2.00 e. The molecule has 0 fully saturated rings. The number of rotatable bonds is 0. The van der Waals surface area contributed by atoms with Gasteiger partial charge in [0, 0.05) is 0 Å². The van der Waals surface area contributed by atoms with E-state index in [-0.39, 0.29) is 17.1 Å².